The number of fused-ring (bicyclic) bond motifs is 1. The number of Topliss-reactive ketones (excluding diaryl/α,β-unsaturated/α-hetero) is 1. The Morgan fingerprint density at radius 2 is 1.79 bits per heavy atom. The fraction of sp³-hybridized carbons (Fsp3) is 0.360. The van der Waals surface area contributed by atoms with Crippen molar-refractivity contribution in [3.63, 3.8) is 0 Å². The lowest BCUT2D eigenvalue weighted by Crippen LogP contribution is -2.49. The number of carbonyl (C=O) groups excluding carboxylic acids is 2. The number of benzene rings is 2. The molecule has 178 valence electrons. The Morgan fingerprint density at radius 3 is 2.44 bits per heavy atom. The summed E-state index contributed by atoms with van der Waals surface area (Å²) in [6, 6.07) is 11.6. The summed E-state index contributed by atoms with van der Waals surface area (Å²) in [4.78, 5) is 45.6. The van der Waals surface area contributed by atoms with Crippen molar-refractivity contribution in [1.29, 1.82) is 0 Å². The molecule has 1 aliphatic rings. The third-order valence-corrected chi connectivity index (χ3v) is 6.88. The van der Waals surface area contributed by atoms with Gasteiger partial charge in [-0.15, -0.1) is 0 Å². The number of hydrogen-bond donors (Lipinski definition) is 0. The van der Waals surface area contributed by atoms with Gasteiger partial charge in [-0.3, -0.25) is 19.0 Å². The standard InChI is InChI=1S/C25H27FN4O3S/c1-16(2)30-24(33)19-6-4-5-7-21(19)27-25(30)34-15-23(32)29-12-10-28(11-13-29)22-9-8-18(17(3)31)14-20(22)26/h4-9,14,16H,10-13,15H2,1-3H3. The highest BCUT2D eigenvalue weighted by Gasteiger charge is 2.24. The molecule has 1 fully saturated rings. The Morgan fingerprint density at radius 1 is 1.09 bits per heavy atom. The summed E-state index contributed by atoms with van der Waals surface area (Å²) in [5, 5.41) is 1.09. The minimum atomic E-state index is -0.433. The SMILES string of the molecule is CC(=O)c1ccc(N2CCN(C(=O)CSc3nc4ccccc4c(=O)n3C(C)C)CC2)c(F)c1. The molecule has 1 aromatic heterocycles. The number of halogens is 1. The second-order valence-electron chi connectivity index (χ2n) is 8.56. The predicted octanol–water partition coefficient (Wildman–Crippen LogP) is 3.76. The number of anilines is 1. The lowest BCUT2D eigenvalue weighted by atomic mass is 10.1. The van der Waals surface area contributed by atoms with Crippen molar-refractivity contribution in [1.82, 2.24) is 14.5 Å². The van der Waals surface area contributed by atoms with Crippen molar-refractivity contribution in [3.05, 3.63) is 64.2 Å². The first kappa shape index (κ1) is 23.9. The fourth-order valence-electron chi connectivity index (χ4n) is 4.08. The monoisotopic (exact) mass is 482 g/mol. The molecule has 0 saturated carbocycles. The van der Waals surface area contributed by atoms with Gasteiger partial charge in [0.05, 0.1) is 22.3 Å². The molecule has 2 heterocycles. The van der Waals surface area contributed by atoms with Crippen LogP contribution in [0.25, 0.3) is 10.9 Å². The lowest BCUT2D eigenvalue weighted by molar-refractivity contribution is -0.128. The van der Waals surface area contributed by atoms with Gasteiger partial charge in [0.1, 0.15) is 5.82 Å². The predicted molar refractivity (Wildman–Crippen MR) is 132 cm³/mol. The number of thioether (sulfide) groups is 1. The number of amides is 1. The number of para-hydroxylation sites is 1. The molecular weight excluding hydrogens is 455 g/mol. The van der Waals surface area contributed by atoms with E-state index in [1.165, 1.54) is 24.8 Å². The highest BCUT2D eigenvalue weighted by atomic mass is 32.2. The van der Waals surface area contributed by atoms with E-state index in [1.54, 1.807) is 33.7 Å². The maximum atomic E-state index is 14.5. The van der Waals surface area contributed by atoms with Gasteiger partial charge in [-0.25, -0.2) is 9.37 Å². The summed E-state index contributed by atoms with van der Waals surface area (Å²) >= 11 is 1.27. The Hall–Kier alpha value is -3.20. The average Bonchev–Trinajstić information content (AvgIpc) is 2.82. The number of carbonyl (C=O) groups is 2. The molecule has 1 aliphatic heterocycles. The number of aromatic nitrogens is 2. The molecule has 1 amide bonds. The summed E-state index contributed by atoms with van der Waals surface area (Å²) in [5.41, 5.74) is 1.29. The van der Waals surface area contributed by atoms with E-state index in [1.807, 2.05) is 30.9 Å². The van der Waals surface area contributed by atoms with Gasteiger partial charge in [0.25, 0.3) is 5.56 Å². The molecule has 0 bridgehead atoms. The minimum Gasteiger partial charge on any atom is -0.366 e. The Balaban J connectivity index is 1.42. The quantitative estimate of drug-likeness (QED) is 0.303. The number of ketones is 1. The van der Waals surface area contributed by atoms with Gasteiger partial charge in [-0.2, -0.15) is 0 Å². The summed E-state index contributed by atoms with van der Waals surface area (Å²) < 4.78 is 16.1. The van der Waals surface area contributed by atoms with Gasteiger partial charge in [0, 0.05) is 37.8 Å². The van der Waals surface area contributed by atoms with Crippen molar-refractivity contribution >= 4 is 40.0 Å². The van der Waals surface area contributed by atoms with Gasteiger partial charge in [-0.05, 0) is 51.1 Å². The summed E-state index contributed by atoms with van der Waals surface area (Å²) in [7, 11) is 0. The van der Waals surface area contributed by atoms with Crippen LogP contribution in [0.3, 0.4) is 0 Å². The van der Waals surface area contributed by atoms with Crippen LogP contribution in [-0.4, -0.2) is 58.1 Å². The maximum absolute atomic E-state index is 14.5. The molecule has 0 spiro atoms. The van der Waals surface area contributed by atoms with E-state index in [4.69, 9.17) is 0 Å². The molecule has 2 aromatic carbocycles. The zero-order valence-corrected chi connectivity index (χ0v) is 20.3. The van der Waals surface area contributed by atoms with Crippen LogP contribution in [0.2, 0.25) is 0 Å². The Labute approximate surface area is 201 Å². The molecule has 7 nitrogen and oxygen atoms in total. The minimum absolute atomic E-state index is 0.0465. The Kier molecular flexibility index (Phi) is 7.02. The molecular formula is C25H27FN4O3S. The van der Waals surface area contributed by atoms with E-state index in [0.29, 0.717) is 53.5 Å². The average molecular weight is 483 g/mol. The van der Waals surface area contributed by atoms with Crippen molar-refractivity contribution in [2.75, 3.05) is 36.8 Å². The van der Waals surface area contributed by atoms with Crippen LogP contribution in [0.15, 0.2) is 52.4 Å². The van der Waals surface area contributed by atoms with Crippen LogP contribution < -0.4 is 10.5 Å². The molecule has 0 radical (unpaired) electrons. The largest absolute Gasteiger partial charge is 0.366 e. The van der Waals surface area contributed by atoms with Crippen molar-refractivity contribution in [3.8, 4) is 0 Å². The first-order valence-corrected chi connectivity index (χ1v) is 12.2. The maximum Gasteiger partial charge on any atom is 0.262 e. The number of piperazine rings is 1. The third-order valence-electron chi connectivity index (χ3n) is 5.94. The van der Waals surface area contributed by atoms with Crippen molar-refractivity contribution in [2.45, 2.75) is 32.0 Å². The number of rotatable bonds is 6. The molecule has 0 unspecified atom stereocenters. The Bertz CT molecular complexity index is 1300. The normalized spacial score (nSPS) is 14.1. The van der Waals surface area contributed by atoms with Gasteiger partial charge < -0.3 is 9.80 Å². The molecule has 4 rings (SSSR count). The van der Waals surface area contributed by atoms with E-state index in [9.17, 15) is 18.8 Å². The van der Waals surface area contributed by atoms with E-state index in [-0.39, 0.29) is 29.0 Å². The topological polar surface area (TPSA) is 75.5 Å². The summed E-state index contributed by atoms with van der Waals surface area (Å²) in [6.45, 7) is 7.18. The van der Waals surface area contributed by atoms with Crippen LogP contribution in [0.1, 0.15) is 37.2 Å². The second kappa shape index (κ2) is 9.97. The van der Waals surface area contributed by atoms with E-state index in [2.05, 4.69) is 4.98 Å². The number of hydrogen-bond acceptors (Lipinski definition) is 6. The first-order valence-electron chi connectivity index (χ1n) is 11.2. The highest BCUT2D eigenvalue weighted by Crippen LogP contribution is 2.24. The van der Waals surface area contributed by atoms with E-state index in [0.717, 1.165) is 0 Å². The molecule has 34 heavy (non-hydrogen) atoms. The van der Waals surface area contributed by atoms with Gasteiger partial charge in [0.15, 0.2) is 10.9 Å². The smallest absolute Gasteiger partial charge is 0.262 e. The zero-order valence-electron chi connectivity index (χ0n) is 19.5. The van der Waals surface area contributed by atoms with Gasteiger partial charge in [-0.1, -0.05) is 23.9 Å². The third kappa shape index (κ3) is 4.84. The van der Waals surface area contributed by atoms with E-state index < -0.39 is 5.82 Å². The molecule has 0 atom stereocenters. The first-order chi connectivity index (χ1) is 16.3. The fourth-order valence-corrected chi connectivity index (χ4v) is 5.11. The number of nitrogens with zero attached hydrogens (tertiary/aromatic N) is 4. The van der Waals surface area contributed by atoms with Crippen molar-refractivity contribution in [2.24, 2.45) is 0 Å². The second-order valence-corrected chi connectivity index (χ2v) is 9.50. The van der Waals surface area contributed by atoms with E-state index >= 15 is 0 Å². The van der Waals surface area contributed by atoms with Gasteiger partial charge in [0.2, 0.25) is 5.91 Å². The molecule has 0 aliphatic carbocycles. The lowest BCUT2D eigenvalue weighted by Gasteiger charge is -2.36. The molecule has 3 aromatic rings. The molecule has 1 saturated heterocycles. The summed E-state index contributed by atoms with van der Waals surface area (Å²) in [6.07, 6.45) is 0. The summed E-state index contributed by atoms with van der Waals surface area (Å²) in [5.74, 6) is -0.493. The van der Waals surface area contributed by atoms with Crippen LogP contribution >= 0.6 is 11.8 Å². The van der Waals surface area contributed by atoms with Crippen LogP contribution in [0.5, 0.6) is 0 Å². The van der Waals surface area contributed by atoms with Gasteiger partial charge >= 0.3 is 0 Å². The van der Waals surface area contributed by atoms with Crippen LogP contribution in [0.4, 0.5) is 10.1 Å². The van der Waals surface area contributed by atoms with Crippen LogP contribution in [-0.2, 0) is 4.79 Å². The molecule has 0 N–H and O–H groups in total. The van der Waals surface area contributed by atoms with Crippen LogP contribution in [0, 0.1) is 5.82 Å². The zero-order chi connectivity index (χ0) is 24.4. The van der Waals surface area contributed by atoms with Crippen molar-refractivity contribution < 1.29 is 14.0 Å². The highest BCUT2D eigenvalue weighted by molar-refractivity contribution is 7.99. The molecule has 9 heteroatoms.